The molecule has 1 aromatic heterocycles. The number of nitrogens with one attached hydrogen (secondary N) is 1. The summed E-state index contributed by atoms with van der Waals surface area (Å²) < 4.78 is 6.64. The number of amides is 1. The number of methoxy groups -OCH3 is 1. The van der Waals surface area contributed by atoms with Crippen LogP contribution in [0.1, 0.15) is 22.1 Å². The zero-order valence-electron chi connectivity index (χ0n) is 14.0. The summed E-state index contributed by atoms with van der Waals surface area (Å²) in [5, 5.41) is 16.1. The Hall–Kier alpha value is -3.61. The minimum absolute atomic E-state index is 0.128. The van der Waals surface area contributed by atoms with Crippen molar-refractivity contribution in [1.82, 2.24) is 15.1 Å². The first-order valence-electron chi connectivity index (χ1n) is 7.87. The van der Waals surface area contributed by atoms with Crippen LogP contribution in [0.3, 0.4) is 0 Å². The molecule has 0 aliphatic rings. The van der Waals surface area contributed by atoms with Crippen LogP contribution in [0.4, 0.5) is 0 Å². The van der Waals surface area contributed by atoms with Gasteiger partial charge in [-0.05, 0) is 35.9 Å². The lowest BCUT2D eigenvalue weighted by Gasteiger charge is -2.13. The summed E-state index contributed by atoms with van der Waals surface area (Å²) in [6.07, 6.45) is 1.63. The Morgan fingerprint density at radius 1 is 1.08 bits per heavy atom. The Morgan fingerprint density at radius 3 is 2.38 bits per heavy atom. The third-order valence-electron chi connectivity index (χ3n) is 3.81. The molecule has 3 aromatic rings. The Kier molecular flexibility index (Phi) is 4.98. The third-order valence-corrected chi connectivity index (χ3v) is 3.81. The van der Waals surface area contributed by atoms with Gasteiger partial charge in [-0.25, -0.2) is 9.48 Å². The summed E-state index contributed by atoms with van der Waals surface area (Å²) in [4.78, 5) is 23.9. The number of benzene rings is 2. The average molecular weight is 351 g/mol. The molecular weight excluding hydrogens is 334 g/mol. The predicted molar refractivity (Wildman–Crippen MR) is 94.4 cm³/mol. The van der Waals surface area contributed by atoms with Crippen molar-refractivity contribution in [3.63, 3.8) is 0 Å². The zero-order valence-corrected chi connectivity index (χ0v) is 14.0. The number of carboxylic acid groups (broad SMARTS) is 1. The van der Waals surface area contributed by atoms with Gasteiger partial charge >= 0.3 is 5.97 Å². The van der Waals surface area contributed by atoms with E-state index in [2.05, 4.69) is 10.4 Å². The first kappa shape index (κ1) is 17.2. The molecule has 0 fully saturated rings. The molecular formula is C19H17N3O4. The highest BCUT2D eigenvalue weighted by atomic mass is 16.5. The van der Waals surface area contributed by atoms with Crippen molar-refractivity contribution < 1.29 is 19.4 Å². The second-order valence-electron chi connectivity index (χ2n) is 5.50. The monoisotopic (exact) mass is 351 g/mol. The first-order chi connectivity index (χ1) is 12.6. The van der Waals surface area contributed by atoms with Gasteiger partial charge in [0.15, 0.2) is 11.7 Å². The maximum Gasteiger partial charge on any atom is 0.330 e. The van der Waals surface area contributed by atoms with Crippen LogP contribution < -0.4 is 10.1 Å². The van der Waals surface area contributed by atoms with Gasteiger partial charge in [-0.2, -0.15) is 5.10 Å². The van der Waals surface area contributed by atoms with E-state index >= 15 is 0 Å². The highest BCUT2D eigenvalue weighted by Crippen LogP contribution is 2.16. The van der Waals surface area contributed by atoms with Crippen LogP contribution in [0.5, 0.6) is 5.75 Å². The van der Waals surface area contributed by atoms with E-state index in [-0.39, 0.29) is 5.69 Å². The molecule has 2 aromatic carbocycles. The molecule has 1 unspecified atom stereocenters. The number of aliphatic carboxylic acids is 1. The van der Waals surface area contributed by atoms with Crippen molar-refractivity contribution >= 4 is 11.9 Å². The number of hydrogen-bond donors (Lipinski definition) is 2. The Labute approximate surface area is 149 Å². The van der Waals surface area contributed by atoms with Crippen molar-refractivity contribution in [3.05, 3.63) is 78.1 Å². The molecule has 1 heterocycles. The predicted octanol–water partition coefficient (Wildman–Crippen LogP) is 2.44. The molecule has 3 rings (SSSR count). The van der Waals surface area contributed by atoms with Crippen LogP contribution in [0.2, 0.25) is 0 Å². The zero-order chi connectivity index (χ0) is 18.5. The number of carboxylic acids is 1. The van der Waals surface area contributed by atoms with E-state index in [1.807, 2.05) is 0 Å². The molecule has 0 spiro atoms. The van der Waals surface area contributed by atoms with E-state index in [1.54, 1.807) is 67.9 Å². The van der Waals surface area contributed by atoms with Crippen molar-refractivity contribution in [2.75, 3.05) is 7.11 Å². The fraction of sp³-hybridized carbons (Fsp3) is 0.105. The highest BCUT2D eigenvalue weighted by Gasteiger charge is 2.23. The van der Waals surface area contributed by atoms with Gasteiger partial charge in [0.05, 0.1) is 12.8 Å². The van der Waals surface area contributed by atoms with Crippen molar-refractivity contribution in [1.29, 1.82) is 0 Å². The number of carbonyl (C=O) groups excluding carboxylic acids is 1. The topological polar surface area (TPSA) is 93.5 Å². The lowest BCUT2D eigenvalue weighted by molar-refractivity contribution is -0.139. The molecule has 2 N–H and O–H groups in total. The summed E-state index contributed by atoms with van der Waals surface area (Å²) in [6, 6.07) is 16.1. The highest BCUT2D eigenvalue weighted by molar-refractivity contribution is 5.95. The summed E-state index contributed by atoms with van der Waals surface area (Å²) in [7, 11) is 1.58. The van der Waals surface area contributed by atoms with Crippen LogP contribution >= 0.6 is 0 Å². The van der Waals surface area contributed by atoms with Gasteiger partial charge in [-0.3, -0.25) is 4.79 Å². The van der Waals surface area contributed by atoms with Crippen LogP contribution in [-0.4, -0.2) is 33.9 Å². The van der Waals surface area contributed by atoms with Crippen LogP contribution in [0.25, 0.3) is 5.69 Å². The molecule has 132 valence electrons. The first-order valence-corrected chi connectivity index (χ1v) is 7.87. The Balaban J connectivity index is 1.77. The third kappa shape index (κ3) is 3.72. The number of aromatic nitrogens is 2. The van der Waals surface area contributed by atoms with Crippen molar-refractivity contribution in [2.24, 2.45) is 0 Å². The molecule has 0 radical (unpaired) electrons. The fourth-order valence-electron chi connectivity index (χ4n) is 2.46. The van der Waals surface area contributed by atoms with E-state index in [4.69, 9.17) is 4.74 Å². The fourth-order valence-corrected chi connectivity index (χ4v) is 2.46. The van der Waals surface area contributed by atoms with E-state index in [9.17, 15) is 14.7 Å². The van der Waals surface area contributed by atoms with Gasteiger partial charge < -0.3 is 15.2 Å². The summed E-state index contributed by atoms with van der Waals surface area (Å²) >= 11 is 0. The maximum atomic E-state index is 12.4. The van der Waals surface area contributed by atoms with E-state index in [0.29, 0.717) is 11.3 Å². The largest absolute Gasteiger partial charge is 0.497 e. The number of hydrogen-bond acceptors (Lipinski definition) is 4. The van der Waals surface area contributed by atoms with Crippen LogP contribution in [0.15, 0.2) is 66.9 Å². The molecule has 0 saturated heterocycles. The van der Waals surface area contributed by atoms with Crippen molar-refractivity contribution in [2.45, 2.75) is 6.04 Å². The minimum atomic E-state index is -1.14. The summed E-state index contributed by atoms with van der Waals surface area (Å²) in [6.45, 7) is 0. The van der Waals surface area contributed by atoms with Gasteiger partial charge in [0.1, 0.15) is 5.75 Å². The van der Waals surface area contributed by atoms with Gasteiger partial charge in [-0.15, -0.1) is 0 Å². The maximum absolute atomic E-state index is 12.4. The standard InChI is InChI=1S/C19H17N3O4/c1-26-15-9-7-14(8-10-15)22-12-11-16(21-22)18(23)20-17(19(24)25)13-5-3-2-4-6-13/h2-12,17H,1H3,(H,20,23)(H,24,25). The molecule has 1 amide bonds. The molecule has 7 heteroatoms. The van der Waals surface area contributed by atoms with Crippen LogP contribution in [-0.2, 0) is 4.79 Å². The SMILES string of the molecule is COc1ccc(-n2ccc(C(=O)NC(C(=O)O)c3ccccc3)n2)cc1. The van der Waals surface area contributed by atoms with E-state index in [1.165, 1.54) is 10.7 Å². The van der Waals surface area contributed by atoms with Gasteiger partial charge in [0.25, 0.3) is 5.91 Å². The molecule has 0 bridgehead atoms. The van der Waals surface area contributed by atoms with Gasteiger partial charge in [0, 0.05) is 6.20 Å². The Bertz CT molecular complexity index is 904. The number of ether oxygens (including phenoxy) is 1. The van der Waals surface area contributed by atoms with Crippen LogP contribution in [0, 0.1) is 0 Å². The minimum Gasteiger partial charge on any atom is -0.497 e. The molecule has 1 atom stereocenters. The smallest absolute Gasteiger partial charge is 0.330 e. The second-order valence-corrected chi connectivity index (χ2v) is 5.50. The molecule has 26 heavy (non-hydrogen) atoms. The number of rotatable bonds is 6. The number of nitrogens with zero attached hydrogens (tertiary/aromatic N) is 2. The van der Waals surface area contributed by atoms with E-state index < -0.39 is 17.9 Å². The molecule has 7 nitrogen and oxygen atoms in total. The average Bonchev–Trinajstić information content (AvgIpc) is 3.17. The van der Waals surface area contributed by atoms with Gasteiger partial charge in [0.2, 0.25) is 0 Å². The normalized spacial score (nSPS) is 11.6. The van der Waals surface area contributed by atoms with Gasteiger partial charge in [-0.1, -0.05) is 30.3 Å². The molecule has 0 saturated carbocycles. The van der Waals surface area contributed by atoms with E-state index in [0.717, 1.165) is 5.69 Å². The Morgan fingerprint density at radius 2 is 1.77 bits per heavy atom. The summed E-state index contributed by atoms with van der Waals surface area (Å²) in [5.74, 6) is -0.987. The molecule has 0 aliphatic heterocycles. The van der Waals surface area contributed by atoms with Crippen molar-refractivity contribution in [3.8, 4) is 11.4 Å². The lowest BCUT2D eigenvalue weighted by atomic mass is 10.1. The quantitative estimate of drug-likeness (QED) is 0.711. The lowest BCUT2D eigenvalue weighted by Crippen LogP contribution is -2.34. The summed E-state index contributed by atoms with van der Waals surface area (Å²) in [5.41, 5.74) is 1.37. The number of carbonyl (C=O) groups is 2. The second kappa shape index (κ2) is 7.52. The molecule has 0 aliphatic carbocycles.